The zero-order valence-electron chi connectivity index (χ0n) is 14.7. The first-order valence-electron chi connectivity index (χ1n) is 8.21. The molecule has 0 unspecified atom stereocenters. The molecule has 7 nitrogen and oxygen atoms in total. The number of anilines is 3. The van der Waals surface area contributed by atoms with E-state index in [2.05, 4.69) is 56.8 Å². The standard InChI is InChI=1S/C17H23N5O2S/c1-13-5-4-6-15(14(13)2)21-9-11-22(12-10-21)17-8-7-16(18-19-17)20-25(3,23)24/h4-8H,9-12H2,1-3H3,(H,18,20). The van der Waals surface area contributed by atoms with Crippen molar-refractivity contribution in [2.24, 2.45) is 0 Å². The summed E-state index contributed by atoms with van der Waals surface area (Å²) in [5.74, 6) is 1.000. The lowest BCUT2D eigenvalue weighted by molar-refractivity contribution is 0.606. The van der Waals surface area contributed by atoms with Gasteiger partial charge in [-0.1, -0.05) is 12.1 Å². The summed E-state index contributed by atoms with van der Waals surface area (Å²) >= 11 is 0. The minimum absolute atomic E-state index is 0.236. The lowest BCUT2D eigenvalue weighted by atomic mass is 10.1. The number of nitrogens with one attached hydrogen (secondary N) is 1. The zero-order chi connectivity index (χ0) is 18.0. The summed E-state index contributed by atoms with van der Waals surface area (Å²) in [6.07, 6.45) is 1.09. The van der Waals surface area contributed by atoms with Gasteiger partial charge >= 0.3 is 0 Å². The predicted molar refractivity (Wildman–Crippen MR) is 101 cm³/mol. The van der Waals surface area contributed by atoms with Crippen molar-refractivity contribution in [3.63, 3.8) is 0 Å². The molecule has 134 valence electrons. The summed E-state index contributed by atoms with van der Waals surface area (Å²) in [7, 11) is -3.33. The van der Waals surface area contributed by atoms with Crippen molar-refractivity contribution in [2.75, 3.05) is 47.0 Å². The number of nitrogens with zero attached hydrogens (tertiary/aromatic N) is 4. The molecule has 1 aromatic heterocycles. The SMILES string of the molecule is Cc1cccc(N2CCN(c3ccc(NS(C)(=O)=O)nn3)CC2)c1C. The van der Waals surface area contributed by atoms with Crippen LogP contribution in [0.25, 0.3) is 0 Å². The fourth-order valence-corrected chi connectivity index (χ4v) is 3.48. The van der Waals surface area contributed by atoms with Crippen LogP contribution in [0.4, 0.5) is 17.3 Å². The molecule has 0 bridgehead atoms. The smallest absolute Gasteiger partial charge is 0.231 e. The molecule has 1 aliphatic heterocycles. The van der Waals surface area contributed by atoms with Gasteiger partial charge < -0.3 is 9.80 Å². The number of benzene rings is 1. The average Bonchev–Trinajstić information content (AvgIpc) is 2.57. The van der Waals surface area contributed by atoms with Gasteiger partial charge in [-0.15, -0.1) is 10.2 Å². The maximum Gasteiger partial charge on any atom is 0.231 e. The largest absolute Gasteiger partial charge is 0.368 e. The van der Waals surface area contributed by atoms with Crippen LogP contribution in [0.1, 0.15) is 11.1 Å². The van der Waals surface area contributed by atoms with E-state index in [1.54, 1.807) is 12.1 Å². The summed E-state index contributed by atoms with van der Waals surface area (Å²) in [5, 5.41) is 8.09. The van der Waals surface area contributed by atoms with Crippen LogP contribution in [0.5, 0.6) is 0 Å². The Labute approximate surface area is 148 Å². The van der Waals surface area contributed by atoms with Gasteiger partial charge in [0.2, 0.25) is 10.0 Å². The van der Waals surface area contributed by atoms with Gasteiger partial charge in [-0.25, -0.2) is 8.42 Å². The van der Waals surface area contributed by atoms with Crippen molar-refractivity contribution in [3.8, 4) is 0 Å². The van der Waals surface area contributed by atoms with Crippen LogP contribution in [0, 0.1) is 13.8 Å². The third kappa shape index (κ3) is 4.19. The molecule has 0 atom stereocenters. The lowest BCUT2D eigenvalue weighted by Gasteiger charge is -2.37. The molecule has 1 aliphatic rings. The van der Waals surface area contributed by atoms with Crippen LogP contribution in [0.15, 0.2) is 30.3 Å². The minimum Gasteiger partial charge on any atom is -0.368 e. The molecule has 3 rings (SSSR count). The van der Waals surface area contributed by atoms with Crippen LogP contribution in [0.3, 0.4) is 0 Å². The molecule has 1 aromatic carbocycles. The highest BCUT2D eigenvalue weighted by atomic mass is 32.2. The number of aryl methyl sites for hydroxylation is 1. The first-order chi connectivity index (χ1) is 11.8. The van der Waals surface area contributed by atoms with Crippen LogP contribution < -0.4 is 14.5 Å². The normalized spacial score (nSPS) is 15.3. The van der Waals surface area contributed by atoms with Crippen molar-refractivity contribution in [3.05, 3.63) is 41.5 Å². The molecule has 1 saturated heterocycles. The Bertz CT molecular complexity index is 844. The van der Waals surface area contributed by atoms with Crippen molar-refractivity contribution in [1.82, 2.24) is 10.2 Å². The monoisotopic (exact) mass is 361 g/mol. The molecule has 0 saturated carbocycles. The molecule has 2 heterocycles. The molecular formula is C17H23N5O2S. The molecule has 8 heteroatoms. The second-order valence-electron chi connectivity index (χ2n) is 6.34. The zero-order valence-corrected chi connectivity index (χ0v) is 15.5. The van der Waals surface area contributed by atoms with Gasteiger partial charge in [0.05, 0.1) is 6.26 Å². The molecule has 0 radical (unpaired) electrons. The summed E-state index contributed by atoms with van der Waals surface area (Å²) in [6, 6.07) is 9.85. The second kappa shape index (κ2) is 6.87. The molecule has 1 N–H and O–H groups in total. The van der Waals surface area contributed by atoms with E-state index in [4.69, 9.17) is 0 Å². The van der Waals surface area contributed by atoms with E-state index in [1.807, 2.05) is 0 Å². The first kappa shape index (κ1) is 17.5. The minimum atomic E-state index is -3.33. The van der Waals surface area contributed by atoms with E-state index in [9.17, 15) is 8.42 Å². The van der Waals surface area contributed by atoms with Crippen molar-refractivity contribution in [2.45, 2.75) is 13.8 Å². The fourth-order valence-electron chi connectivity index (χ4n) is 2.99. The van der Waals surface area contributed by atoms with E-state index < -0.39 is 10.0 Å². The quantitative estimate of drug-likeness (QED) is 0.895. The number of rotatable bonds is 4. The van der Waals surface area contributed by atoms with E-state index in [0.717, 1.165) is 38.3 Å². The van der Waals surface area contributed by atoms with Gasteiger partial charge in [-0.05, 0) is 43.2 Å². The van der Waals surface area contributed by atoms with Crippen LogP contribution in [0.2, 0.25) is 0 Å². The summed E-state index contributed by atoms with van der Waals surface area (Å²) in [5.41, 5.74) is 3.92. The number of hydrogen-bond donors (Lipinski definition) is 1. The number of aromatic nitrogens is 2. The van der Waals surface area contributed by atoms with Crippen LogP contribution >= 0.6 is 0 Å². The lowest BCUT2D eigenvalue weighted by Crippen LogP contribution is -2.47. The van der Waals surface area contributed by atoms with E-state index in [0.29, 0.717) is 0 Å². The third-order valence-electron chi connectivity index (χ3n) is 4.46. The second-order valence-corrected chi connectivity index (χ2v) is 8.09. The summed E-state index contributed by atoms with van der Waals surface area (Å²) in [4.78, 5) is 4.56. The van der Waals surface area contributed by atoms with Gasteiger partial charge in [-0.2, -0.15) is 0 Å². The Hall–Kier alpha value is -2.35. The predicted octanol–water partition coefficient (Wildman–Crippen LogP) is 1.79. The maximum absolute atomic E-state index is 11.2. The van der Waals surface area contributed by atoms with Gasteiger partial charge in [-0.3, -0.25) is 4.72 Å². The van der Waals surface area contributed by atoms with Crippen molar-refractivity contribution >= 4 is 27.3 Å². The van der Waals surface area contributed by atoms with E-state index >= 15 is 0 Å². The van der Waals surface area contributed by atoms with Crippen molar-refractivity contribution in [1.29, 1.82) is 0 Å². The maximum atomic E-state index is 11.2. The Morgan fingerprint density at radius 1 is 0.960 bits per heavy atom. The molecule has 0 amide bonds. The third-order valence-corrected chi connectivity index (χ3v) is 5.04. The summed E-state index contributed by atoms with van der Waals surface area (Å²) < 4.78 is 24.8. The Balaban J connectivity index is 1.65. The molecule has 0 aliphatic carbocycles. The Morgan fingerprint density at radius 3 is 2.24 bits per heavy atom. The molecular weight excluding hydrogens is 338 g/mol. The number of piperazine rings is 1. The molecule has 25 heavy (non-hydrogen) atoms. The fraction of sp³-hybridized carbons (Fsp3) is 0.412. The van der Waals surface area contributed by atoms with Crippen molar-refractivity contribution < 1.29 is 8.42 Å². The average molecular weight is 361 g/mol. The van der Waals surface area contributed by atoms with Crippen LogP contribution in [-0.2, 0) is 10.0 Å². The Kier molecular flexibility index (Phi) is 4.80. The Morgan fingerprint density at radius 2 is 1.64 bits per heavy atom. The highest BCUT2D eigenvalue weighted by molar-refractivity contribution is 7.92. The van der Waals surface area contributed by atoms with E-state index in [1.165, 1.54) is 16.8 Å². The van der Waals surface area contributed by atoms with E-state index in [-0.39, 0.29) is 5.82 Å². The molecule has 1 fully saturated rings. The molecule has 2 aromatic rings. The number of sulfonamides is 1. The van der Waals surface area contributed by atoms with Gasteiger partial charge in [0.15, 0.2) is 11.6 Å². The highest BCUT2D eigenvalue weighted by Gasteiger charge is 2.20. The van der Waals surface area contributed by atoms with Gasteiger partial charge in [0.1, 0.15) is 0 Å². The summed E-state index contributed by atoms with van der Waals surface area (Å²) in [6.45, 7) is 7.82. The van der Waals surface area contributed by atoms with Gasteiger partial charge in [0, 0.05) is 31.9 Å². The molecule has 0 spiro atoms. The highest BCUT2D eigenvalue weighted by Crippen LogP contribution is 2.25. The number of hydrogen-bond acceptors (Lipinski definition) is 6. The first-order valence-corrected chi connectivity index (χ1v) is 10.1. The van der Waals surface area contributed by atoms with Gasteiger partial charge in [0.25, 0.3) is 0 Å². The van der Waals surface area contributed by atoms with Crippen LogP contribution in [-0.4, -0.2) is 51.0 Å². The topological polar surface area (TPSA) is 78.4 Å².